The molecule has 2 N–H and O–H groups in total. The van der Waals surface area contributed by atoms with Gasteiger partial charge < -0.3 is 15.3 Å². The summed E-state index contributed by atoms with van der Waals surface area (Å²) in [6, 6.07) is 6.41. The SMILES string of the molecule is CN1C(=O)CC(NC(=O)CC(C)(C)C(=O)O)C1c1ccc(Cl)cc1. The Morgan fingerprint density at radius 1 is 1.33 bits per heavy atom. The monoisotopic (exact) mass is 352 g/mol. The van der Waals surface area contributed by atoms with Crippen LogP contribution < -0.4 is 5.32 Å². The van der Waals surface area contributed by atoms with Crippen molar-refractivity contribution in [2.75, 3.05) is 7.05 Å². The normalized spacial score (nSPS) is 21.0. The molecule has 2 rings (SSSR count). The number of likely N-dealkylation sites (N-methyl/N-ethyl adjacent to an activating group) is 1. The molecule has 0 bridgehead atoms. The summed E-state index contributed by atoms with van der Waals surface area (Å²) in [4.78, 5) is 37.1. The van der Waals surface area contributed by atoms with E-state index in [1.807, 2.05) is 12.1 Å². The number of halogens is 1. The van der Waals surface area contributed by atoms with Crippen LogP contribution in [0.2, 0.25) is 5.02 Å². The highest BCUT2D eigenvalue weighted by Crippen LogP contribution is 2.33. The molecule has 1 aromatic rings. The predicted molar refractivity (Wildman–Crippen MR) is 89.5 cm³/mol. The van der Waals surface area contributed by atoms with E-state index in [-0.39, 0.29) is 30.7 Å². The first-order valence-corrected chi connectivity index (χ1v) is 8.03. The van der Waals surface area contributed by atoms with Crippen molar-refractivity contribution in [2.24, 2.45) is 5.41 Å². The maximum Gasteiger partial charge on any atom is 0.309 e. The quantitative estimate of drug-likeness (QED) is 0.850. The van der Waals surface area contributed by atoms with E-state index in [9.17, 15) is 14.4 Å². The van der Waals surface area contributed by atoms with Crippen molar-refractivity contribution in [3.63, 3.8) is 0 Å². The molecule has 0 spiro atoms. The van der Waals surface area contributed by atoms with Crippen molar-refractivity contribution in [1.29, 1.82) is 0 Å². The van der Waals surface area contributed by atoms with Crippen LogP contribution in [0.15, 0.2) is 24.3 Å². The zero-order valence-electron chi connectivity index (χ0n) is 13.9. The zero-order chi connectivity index (χ0) is 18.1. The number of likely N-dealkylation sites (tertiary alicyclic amines) is 1. The average molecular weight is 353 g/mol. The fourth-order valence-electron chi connectivity index (χ4n) is 2.85. The molecule has 6 nitrogen and oxygen atoms in total. The van der Waals surface area contributed by atoms with Gasteiger partial charge in [0.2, 0.25) is 11.8 Å². The molecule has 0 saturated carbocycles. The van der Waals surface area contributed by atoms with E-state index in [4.69, 9.17) is 16.7 Å². The maximum absolute atomic E-state index is 12.2. The molecule has 2 unspecified atom stereocenters. The minimum absolute atomic E-state index is 0.0715. The molecule has 1 fully saturated rings. The molecule has 1 aliphatic rings. The Labute approximate surface area is 145 Å². The first-order chi connectivity index (χ1) is 11.1. The highest BCUT2D eigenvalue weighted by Gasteiger charge is 2.40. The average Bonchev–Trinajstić information content (AvgIpc) is 2.74. The van der Waals surface area contributed by atoms with Crippen molar-refractivity contribution in [2.45, 2.75) is 38.8 Å². The van der Waals surface area contributed by atoms with Gasteiger partial charge in [-0.3, -0.25) is 14.4 Å². The first kappa shape index (κ1) is 18.3. The van der Waals surface area contributed by atoms with Crippen molar-refractivity contribution in [1.82, 2.24) is 10.2 Å². The standard InChI is InChI=1S/C17H21ClN2O4/c1-17(2,16(23)24)9-13(21)19-12-8-14(22)20(3)15(12)10-4-6-11(18)7-5-10/h4-7,12,15H,8-9H2,1-3H3,(H,19,21)(H,23,24). The lowest BCUT2D eigenvalue weighted by molar-refractivity contribution is -0.149. The van der Waals surface area contributed by atoms with Crippen LogP contribution >= 0.6 is 11.6 Å². The second-order valence-corrected chi connectivity index (χ2v) is 7.18. The number of carboxylic acid groups (broad SMARTS) is 1. The van der Waals surface area contributed by atoms with Gasteiger partial charge in [-0.05, 0) is 31.5 Å². The highest BCUT2D eigenvalue weighted by atomic mass is 35.5. The molecular weight excluding hydrogens is 332 g/mol. The highest BCUT2D eigenvalue weighted by molar-refractivity contribution is 6.30. The molecule has 0 aromatic heterocycles. The summed E-state index contributed by atoms with van der Waals surface area (Å²) >= 11 is 5.90. The summed E-state index contributed by atoms with van der Waals surface area (Å²) in [5.74, 6) is -1.49. The maximum atomic E-state index is 12.2. The summed E-state index contributed by atoms with van der Waals surface area (Å²) in [5.41, 5.74) is -0.287. The molecule has 2 amide bonds. The molecule has 0 aliphatic carbocycles. The Morgan fingerprint density at radius 3 is 2.46 bits per heavy atom. The molecule has 24 heavy (non-hydrogen) atoms. The van der Waals surface area contributed by atoms with Crippen LogP contribution in [0.3, 0.4) is 0 Å². The molecule has 0 radical (unpaired) electrons. The van der Waals surface area contributed by atoms with Gasteiger partial charge in [0.15, 0.2) is 0 Å². The van der Waals surface area contributed by atoms with Gasteiger partial charge in [0.05, 0.1) is 17.5 Å². The van der Waals surface area contributed by atoms with Crippen LogP contribution in [-0.4, -0.2) is 40.9 Å². The van der Waals surface area contributed by atoms with Gasteiger partial charge in [0, 0.05) is 24.9 Å². The van der Waals surface area contributed by atoms with E-state index in [2.05, 4.69) is 5.32 Å². The van der Waals surface area contributed by atoms with E-state index >= 15 is 0 Å². The number of benzene rings is 1. The summed E-state index contributed by atoms with van der Waals surface area (Å²) in [6.45, 7) is 3.00. The van der Waals surface area contributed by atoms with Crippen molar-refractivity contribution >= 4 is 29.4 Å². The fourth-order valence-corrected chi connectivity index (χ4v) is 2.98. The second kappa shape index (κ2) is 6.81. The first-order valence-electron chi connectivity index (χ1n) is 7.65. The lowest BCUT2D eigenvalue weighted by atomic mass is 9.89. The van der Waals surface area contributed by atoms with Gasteiger partial charge in [-0.2, -0.15) is 0 Å². The Kier molecular flexibility index (Phi) is 5.18. The minimum Gasteiger partial charge on any atom is -0.481 e. The number of nitrogens with zero attached hydrogens (tertiary/aromatic N) is 1. The van der Waals surface area contributed by atoms with Crippen LogP contribution in [0.5, 0.6) is 0 Å². The van der Waals surface area contributed by atoms with Crippen LogP contribution in [0.4, 0.5) is 0 Å². The second-order valence-electron chi connectivity index (χ2n) is 6.74. The van der Waals surface area contributed by atoms with Gasteiger partial charge in [-0.25, -0.2) is 0 Å². The number of nitrogens with one attached hydrogen (secondary N) is 1. The summed E-state index contributed by atoms with van der Waals surface area (Å²) in [7, 11) is 1.69. The predicted octanol–water partition coefficient (Wildman–Crippen LogP) is 2.23. The third-order valence-corrected chi connectivity index (χ3v) is 4.58. The number of hydrogen-bond acceptors (Lipinski definition) is 3. The van der Waals surface area contributed by atoms with E-state index < -0.39 is 17.4 Å². The molecule has 1 aliphatic heterocycles. The lowest BCUT2D eigenvalue weighted by Gasteiger charge is -2.27. The van der Waals surface area contributed by atoms with E-state index in [0.29, 0.717) is 5.02 Å². The Balaban J connectivity index is 2.15. The molecule has 1 saturated heterocycles. The largest absolute Gasteiger partial charge is 0.481 e. The molecule has 2 atom stereocenters. The third-order valence-electron chi connectivity index (χ3n) is 4.33. The van der Waals surface area contributed by atoms with Gasteiger partial charge >= 0.3 is 5.97 Å². The fraction of sp³-hybridized carbons (Fsp3) is 0.471. The molecular formula is C17H21ClN2O4. The molecule has 1 heterocycles. The molecule has 1 aromatic carbocycles. The number of carbonyl (C=O) groups is 3. The van der Waals surface area contributed by atoms with Crippen molar-refractivity contribution in [3.8, 4) is 0 Å². The van der Waals surface area contributed by atoms with E-state index in [1.54, 1.807) is 24.1 Å². The van der Waals surface area contributed by atoms with Crippen LogP contribution in [0.1, 0.15) is 38.3 Å². The molecule has 7 heteroatoms. The minimum atomic E-state index is -1.16. The van der Waals surface area contributed by atoms with Gasteiger partial charge in [-0.1, -0.05) is 23.7 Å². The number of carboxylic acids is 1. The number of hydrogen-bond donors (Lipinski definition) is 2. The number of aliphatic carboxylic acids is 1. The number of amides is 2. The summed E-state index contributed by atoms with van der Waals surface area (Å²) in [5, 5.41) is 12.5. The number of rotatable bonds is 5. The van der Waals surface area contributed by atoms with Crippen LogP contribution in [-0.2, 0) is 14.4 Å². The van der Waals surface area contributed by atoms with Gasteiger partial charge in [0.25, 0.3) is 0 Å². The summed E-state index contributed by atoms with van der Waals surface area (Å²) in [6.07, 6.45) is 0.0348. The Morgan fingerprint density at radius 2 is 1.92 bits per heavy atom. The van der Waals surface area contributed by atoms with Gasteiger partial charge in [0.1, 0.15) is 0 Å². The van der Waals surface area contributed by atoms with E-state index in [1.165, 1.54) is 13.8 Å². The molecule has 130 valence electrons. The summed E-state index contributed by atoms with van der Waals surface area (Å²) < 4.78 is 0. The number of carbonyl (C=O) groups excluding carboxylic acids is 2. The van der Waals surface area contributed by atoms with E-state index in [0.717, 1.165) is 5.56 Å². The Bertz CT molecular complexity index is 657. The van der Waals surface area contributed by atoms with Crippen LogP contribution in [0, 0.1) is 5.41 Å². The topological polar surface area (TPSA) is 86.7 Å². The van der Waals surface area contributed by atoms with Crippen molar-refractivity contribution < 1.29 is 19.5 Å². The smallest absolute Gasteiger partial charge is 0.309 e. The van der Waals surface area contributed by atoms with Crippen molar-refractivity contribution in [3.05, 3.63) is 34.9 Å². The van der Waals surface area contributed by atoms with Gasteiger partial charge in [-0.15, -0.1) is 0 Å². The lowest BCUT2D eigenvalue weighted by Crippen LogP contribution is -2.41. The Hall–Kier alpha value is -2.08. The van der Waals surface area contributed by atoms with Crippen LogP contribution in [0.25, 0.3) is 0 Å². The zero-order valence-corrected chi connectivity index (χ0v) is 14.6. The third kappa shape index (κ3) is 3.87.